The molecule has 4 heteroatoms. The van der Waals surface area contributed by atoms with Crippen LogP contribution in [0.4, 0.5) is 0 Å². The molecule has 0 heterocycles. The van der Waals surface area contributed by atoms with Gasteiger partial charge in [-0.25, -0.2) is 0 Å². The van der Waals surface area contributed by atoms with Crippen LogP contribution in [0.2, 0.25) is 0 Å². The van der Waals surface area contributed by atoms with Crippen LogP contribution >= 0.6 is 0 Å². The first-order chi connectivity index (χ1) is 7.92. The summed E-state index contributed by atoms with van der Waals surface area (Å²) in [6.45, 7) is 6.91. The normalized spacial score (nSPS) is 24.9. The van der Waals surface area contributed by atoms with E-state index in [1.165, 1.54) is 6.42 Å². The van der Waals surface area contributed by atoms with E-state index in [2.05, 4.69) is 5.32 Å². The first-order valence-corrected chi connectivity index (χ1v) is 6.46. The van der Waals surface area contributed by atoms with Gasteiger partial charge in [0.1, 0.15) is 5.60 Å². The topological polar surface area (TPSA) is 58.6 Å². The van der Waals surface area contributed by atoms with Gasteiger partial charge in [-0.1, -0.05) is 6.42 Å². The molecule has 1 rings (SSSR count). The van der Waals surface area contributed by atoms with E-state index >= 15 is 0 Å². The van der Waals surface area contributed by atoms with Crippen LogP contribution in [-0.2, 0) is 9.53 Å². The molecule has 0 aliphatic heterocycles. The molecule has 0 bridgehead atoms. The standard InChI is InChI=1S/C13H25NO3/c1-13(2,3)17-12(16)8-14-7-10-5-4-6-11(10)9-15/h10-11,14-15H,4-9H2,1-3H3. The minimum absolute atomic E-state index is 0.212. The van der Waals surface area contributed by atoms with Crippen LogP contribution in [0.15, 0.2) is 0 Å². The summed E-state index contributed by atoms with van der Waals surface area (Å²) < 4.78 is 5.20. The van der Waals surface area contributed by atoms with E-state index in [1.807, 2.05) is 20.8 Å². The van der Waals surface area contributed by atoms with E-state index in [1.54, 1.807) is 0 Å². The Kier molecular flexibility index (Phi) is 5.40. The van der Waals surface area contributed by atoms with Crippen LogP contribution in [0.25, 0.3) is 0 Å². The molecule has 1 fully saturated rings. The predicted octanol–water partition coefficient (Wildman–Crippen LogP) is 1.33. The average Bonchev–Trinajstić information content (AvgIpc) is 2.62. The second-order valence-corrected chi connectivity index (χ2v) is 5.85. The zero-order chi connectivity index (χ0) is 12.9. The minimum atomic E-state index is -0.417. The molecule has 2 N–H and O–H groups in total. The molecular formula is C13H25NO3. The van der Waals surface area contributed by atoms with Gasteiger partial charge in [0, 0.05) is 6.61 Å². The quantitative estimate of drug-likeness (QED) is 0.715. The fourth-order valence-corrected chi connectivity index (χ4v) is 2.36. The van der Waals surface area contributed by atoms with Crippen molar-refractivity contribution < 1.29 is 14.6 Å². The van der Waals surface area contributed by atoms with Gasteiger partial charge < -0.3 is 15.2 Å². The summed E-state index contributed by atoms with van der Waals surface area (Å²) in [6.07, 6.45) is 3.44. The summed E-state index contributed by atoms with van der Waals surface area (Å²) in [5, 5.41) is 12.3. The molecule has 2 unspecified atom stereocenters. The van der Waals surface area contributed by atoms with Crippen LogP contribution in [0.1, 0.15) is 40.0 Å². The smallest absolute Gasteiger partial charge is 0.320 e. The van der Waals surface area contributed by atoms with Crippen molar-refractivity contribution in [3.63, 3.8) is 0 Å². The second kappa shape index (κ2) is 6.36. The predicted molar refractivity (Wildman–Crippen MR) is 66.6 cm³/mol. The number of carbonyl (C=O) groups excluding carboxylic acids is 1. The van der Waals surface area contributed by atoms with Crippen LogP contribution < -0.4 is 5.32 Å². The monoisotopic (exact) mass is 243 g/mol. The van der Waals surface area contributed by atoms with Crippen LogP contribution in [-0.4, -0.2) is 36.4 Å². The van der Waals surface area contributed by atoms with E-state index in [4.69, 9.17) is 4.74 Å². The lowest BCUT2D eigenvalue weighted by atomic mass is 9.97. The molecule has 0 spiro atoms. The van der Waals surface area contributed by atoms with E-state index < -0.39 is 5.60 Å². The van der Waals surface area contributed by atoms with Crippen LogP contribution in [0.3, 0.4) is 0 Å². The molecule has 0 aromatic rings. The molecule has 4 nitrogen and oxygen atoms in total. The number of aliphatic hydroxyl groups excluding tert-OH is 1. The molecule has 0 aromatic carbocycles. The zero-order valence-corrected chi connectivity index (χ0v) is 11.2. The fourth-order valence-electron chi connectivity index (χ4n) is 2.36. The van der Waals surface area contributed by atoms with Gasteiger partial charge in [0.25, 0.3) is 0 Å². The van der Waals surface area contributed by atoms with Gasteiger partial charge in [0.05, 0.1) is 6.54 Å². The number of nitrogens with one attached hydrogen (secondary N) is 1. The maximum atomic E-state index is 11.4. The Balaban J connectivity index is 2.17. The van der Waals surface area contributed by atoms with E-state index in [-0.39, 0.29) is 19.1 Å². The summed E-state index contributed by atoms with van der Waals surface area (Å²) >= 11 is 0. The van der Waals surface area contributed by atoms with Crippen LogP contribution in [0.5, 0.6) is 0 Å². The van der Waals surface area contributed by atoms with Gasteiger partial charge in [-0.3, -0.25) is 4.79 Å². The van der Waals surface area contributed by atoms with Gasteiger partial charge in [-0.15, -0.1) is 0 Å². The summed E-state index contributed by atoms with van der Waals surface area (Å²) in [5.74, 6) is 0.694. The first-order valence-electron chi connectivity index (χ1n) is 6.46. The maximum Gasteiger partial charge on any atom is 0.320 e. The summed E-state index contributed by atoms with van der Waals surface area (Å²) in [7, 11) is 0. The SMILES string of the molecule is CC(C)(C)OC(=O)CNCC1CCCC1CO. The van der Waals surface area contributed by atoms with Gasteiger partial charge in [-0.2, -0.15) is 0 Å². The number of esters is 1. The first kappa shape index (κ1) is 14.5. The number of hydrogen-bond donors (Lipinski definition) is 2. The highest BCUT2D eigenvalue weighted by Gasteiger charge is 2.26. The van der Waals surface area contributed by atoms with Crippen molar-refractivity contribution in [2.75, 3.05) is 19.7 Å². The highest BCUT2D eigenvalue weighted by molar-refractivity contribution is 5.72. The number of ether oxygens (including phenoxy) is 1. The Morgan fingerprint density at radius 3 is 2.59 bits per heavy atom. The lowest BCUT2D eigenvalue weighted by molar-refractivity contribution is -0.153. The third-order valence-electron chi connectivity index (χ3n) is 3.15. The lowest BCUT2D eigenvalue weighted by Gasteiger charge is -2.21. The van der Waals surface area contributed by atoms with E-state index in [0.717, 1.165) is 19.4 Å². The third kappa shape index (κ3) is 5.50. The zero-order valence-electron chi connectivity index (χ0n) is 11.2. The molecule has 100 valence electrons. The van der Waals surface area contributed by atoms with Gasteiger partial charge in [0.15, 0.2) is 0 Å². The molecule has 0 saturated heterocycles. The Morgan fingerprint density at radius 2 is 2.00 bits per heavy atom. The average molecular weight is 243 g/mol. The van der Waals surface area contributed by atoms with E-state index in [0.29, 0.717) is 11.8 Å². The largest absolute Gasteiger partial charge is 0.459 e. The summed E-state index contributed by atoms with van der Waals surface area (Å²) in [4.78, 5) is 11.4. The van der Waals surface area contributed by atoms with E-state index in [9.17, 15) is 9.90 Å². The summed E-state index contributed by atoms with van der Waals surface area (Å²) in [5.41, 5.74) is -0.417. The van der Waals surface area contributed by atoms with Crippen molar-refractivity contribution in [1.82, 2.24) is 5.32 Å². The van der Waals surface area contributed by atoms with Crippen molar-refractivity contribution in [2.24, 2.45) is 11.8 Å². The maximum absolute atomic E-state index is 11.4. The molecule has 0 aromatic heterocycles. The fraction of sp³-hybridized carbons (Fsp3) is 0.923. The Bertz CT molecular complexity index is 248. The number of rotatable bonds is 5. The lowest BCUT2D eigenvalue weighted by Crippen LogP contribution is -2.34. The Hall–Kier alpha value is -0.610. The van der Waals surface area contributed by atoms with Gasteiger partial charge in [0.2, 0.25) is 0 Å². The molecule has 17 heavy (non-hydrogen) atoms. The summed E-state index contributed by atoms with van der Waals surface area (Å²) in [6, 6.07) is 0. The molecule has 0 radical (unpaired) electrons. The second-order valence-electron chi connectivity index (χ2n) is 5.85. The Labute approximate surface area is 104 Å². The van der Waals surface area contributed by atoms with Gasteiger partial charge >= 0.3 is 5.97 Å². The van der Waals surface area contributed by atoms with Gasteiger partial charge in [-0.05, 0) is 52.0 Å². The highest BCUT2D eigenvalue weighted by Crippen LogP contribution is 2.30. The molecule has 1 aliphatic rings. The Morgan fingerprint density at radius 1 is 1.35 bits per heavy atom. The molecule has 0 amide bonds. The van der Waals surface area contributed by atoms with Crippen molar-refractivity contribution in [1.29, 1.82) is 0 Å². The van der Waals surface area contributed by atoms with Crippen molar-refractivity contribution in [3.8, 4) is 0 Å². The highest BCUT2D eigenvalue weighted by atomic mass is 16.6. The number of hydrogen-bond acceptors (Lipinski definition) is 4. The van der Waals surface area contributed by atoms with Crippen LogP contribution in [0, 0.1) is 11.8 Å². The van der Waals surface area contributed by atoms with Crippen molar-refractivity contribution in [2.45, 2.75) is 45.6 Å². The molecule has 2 atom stereocenters. The number of aliphatic hydroxyl groups is 1. The molecule has 1 aliphatic carbocycles. The third-order valence-corrected chi connectivity index (χ3v) is 3.15. The molecular weight excluding hydrogens is 218 g/mol. The number of carbonyl (C=O) groups is 1. The molecule has 1 saturated carbocycles. The van der Waals surface area contributed by atoms with Crippen molar-refractivity contribution >= 4 is 5.97 Å². The van der Waals surface area contributed by atoms with Crippen molar-refractivity contribution in [3.05, 3.63) is 0 Å². The minimum Gasteiger partial charge on any atom is -0.459 e.